The third-order valence-corrected chi connectivity index (χ3v) is 2.90. The molecule has 0 aliphatic rings. The molecule has 0 aliphatic carbocycles. The first-order chi connectivity index (χ1) is 9.75. The van der Waals surface area contributed by atoms with Crippen molar-refractivity contribution in [1.29, 1.82) is 0 Å². The molecule has 0 aliphatic heterocycles. The number of aromatic nitrogens is 1. The quantitative estimate of drug-likeness (QED) is 0.575. The summed E-state index contributed by atoms with van der Waals surface area (Å²) in [6.45, 7) is 0.553. The minimum Gasteiger partial charge on any atom is -0.373 e. The molecule has 0 radical (unpaired) electrons. The summed E-state index contributed by atoms with van der Waals surface area (Å²) in [4.78, 5) is 15.7. The Kier molecular flexibility index (Phi) is 5.38. The highest BCUT2D eigenvalue weighted by molar-refractivity contribution is 5.97. The molecule has 0 fully saturated rings. The van der Waals surface area contributed by atoms with Gasteiger partial charge in [-0.1, -0.05) is 0 Å². The van der Waals surface area contributed by atoms with Crippen molar-refractivity contribution < 1.29 is 13.9 Å². The third kappa shape index (κ3) is 4.55. The van der Waals surface area contributed by atoms with Crippen molar-refractivity contribution in [3.05, 3.63) is 65.7 Å². The number of aryl methyl sites for hydroxylation is 1. The summed E-state index contributed by atoms with van der Waals surface area (Å²) in [5, 5.41) is 0. The lowest BCUT2D eigenvalue weighted by Crippen LogP contribution is -2.10. The fourth-order valence-electron chi connectivity index (χ4n) is 1.81. The molecule has 1 heterocycles. The normalized spacial score (nSPS) is 10.4. The lowest BCUT2D eigenvalue weighted by atomic mass is 10.1. The number of benzene rings is 1. The van der Waals surface area contributed by atoms with Crippen LogP contribution in [0.3, 0.4) is 0 Å². The van der Waals surface area contributed by atoms with Crippen molar-refractivity contribution in [3.63, 3.8) is 0 Å². The van der Waals surface area contributed by atoms with Crippen LogP contribution in [0.4, 0.5) is 4.39 Å². The Balaban J connectivity index is 1.66. The van der Waals surface area contributed by atoms with E-state index in [1.165, 1.54) is 29.8 Å². The van der Waals surface area contributed by atoms with Gasteiger partial charge in [0.2, 0.25) is 0 Å². The predicted octanol–water partition coefficient (Wildman–Crippen LogP) is 3.05. The molecule has 0 unspecified atom stereocenters. The molecule has 20 heavy (non-hydrogen) atoms. The van der Waals surface area contributed by atoms with Gasteiger partial charge in [-0.25, -0.2) is 4.39 Å². The Labute approximate surface area is 117 Å². The SMILES string of the molecule is O=C(COCCCc1ccncc1)c1ccc(F)cc1. The van der Waals surface area contributed by atoms with Gasteiger partial charge in [-0.2, -0.15) is 0 Å². The van der Waals surface area contributed by atoms with E-state index in [1.807, 2.05) is 12.1 Å². The molecule has 4 heteroatoms. The molecular weight excluding hydrogens is 257 g/mol. The van der Waals surface area contributed by atoms with E-state index in [0.29, 0.717) is 12.2 Å². The number of carbonyl (C=O) groups is 1. The Bertz CT molecular complexity index is 540. The maximum absolute atomic E-state index is 12.7. The van der Waals surface area contributed by atoms with Gasteiger partial charge in [-0.15, -0.1) is 0 Å². The van der Waals surface area contributed by atoms with Gasteiger partial charge in [-0.05, 0) is 54.8 Å². The van der Waals surface area contributed by atoms with Gasteiger partial charge in [0.15, 0.2) is 5.78 Å². The monoisotopic (exact) mass is 273 g/mol. The van der Waals surface area contributed by atoms with Crippen LogP contribution in [0.1, 0.15) is 22.3 Å². The molecule has 2 rings (SSSR count). The lowest BCUT2D eigenvalue weighted by Gasteiger charge is -2.04. The molecule has 0 N–H and O–H groups in total. The van der Waals surface area contributed by atoms with E-state index in [9.17, 15) is 9.18 Å². The van der Waals surface area contributed by atoms with Crippen LogP contribution in [-0.4, -0.2) is 24.0 Å². The minimum atomic E-state index is -0.347. The van der Waals surface area contributed by atoms with Gasteiger partial charge in [0.25, 0.3) is 0 Å². The number of halogens is 1. The number of nitrogens with zero attached hydrogens (tertiary/aromatic N) is 1. The van der Waals surface area contributed by atoms with Gasteiger partial charge < -0.3 is 4.74 Å². The second kappa shape index (κ2) is 7.50. The van der Waals surface area contributed by atoms with Crippen LogP contribution in [0.15, 0.2) is 48.8 Å². The molecule has 1 aromatic carbocycles. The van der Waals surface area contributed by atoms with Gasteiger partial charge in [0, 0.05) is 24.6 Å². The van der Waals surface area contributed by atoms with Crippen molar-refractivity contribution in [3.8, 4) is 0 Å². The van der Waals surface area contributed by atoms with E-state index in [1.54, 1.807) is 12.4 Å². The van der Waals surface area contributed by atoms with Crippen molar-refractivity contribution in [2.45, 2.75) is 12.8 Å². The molecular formula is C16H16FNO2. The number of hydrogen-bond acceptors (Lipinski definition) is 3. The number of ketones is 1. The molecule has 0 saturated heterocycles. The second-order valence-corrected chi connectivity index (χ2v) is 4.44. The van der Waals surface area contributed by atoms with E-state index in [4.69, 9.17) is 4.74 Å². The molecule has 3 nitrogen and oxygen atoms in total. The van der Waals surface area contributed by atoms with E-state index in [2.05, 4.69) is 4.98 Å². The number of pyridine rings is 1. The summed E-state index contributed by atoms with van der Waals surface area (Å²) < 4.78 is 18.1. The van der Waals surface area contributed by atoms with E-state index >= 15 is 0 Å². The van der Waals surface area contributed by atoms with Crippen LogP contribution in [0.25, 0.3) is 0 Å². The predicted molar refractivity (Wildman–Crippen MR) is 74.1 cm³/mol. The number of carbonyl (C=O) groups excluding carboxylic acids is 1. The third-order valence-electron chi connectivity index (χ3n) is 2.90. The van der Waals surface area contributed by atoms with E-state index in [-0.39, 0.29) is 18.2 Å². The van der Waals surface area contributed by atoms with Gasteiger partial charge in [0.1, 0.15) is 12.4 Å². The summed E-state index contributed by atoms with van der Waals surface area (Å²) in [6, 6.07) is 9.41. The van der Waals surface area contributed by atoms with Gasteiger partial charge in [-0.3, -0.25) is 9.78 Å². The van der Waals surface area contributed by atoms with Gasteiger partial charge in [0.05, 0.1) is 0 Å². The van der Waals surface area contributed by atoms with Crippen molar-refractivity contribution >= 4 is 5.78 Å². The van der Waals surface area contributed by atoms with Crippen LogP contribution in [0.5, 0.6) is 0 Å². The van der Waals surface area contributed by atoms with Crippen LogP contribution in [-0.2, 0) is 11.2 Å². The first kappa shape index (κ1) is 14.3. The number of rotatable bonds is 7. The zero-order valence-electron chi connectivity index (χ0n) is 11.1. The minimum absolute atomic E-state index is 0.0297. The fourth-order valence-corrected chi connectivity index (χ4v) is 1.81. The van der Waals surface area contributed by atoms with Crippen LogP contribution in [0.2, 0.25) is 0 Å². The Morgan fingerprint density at radius 3 is 2.50 bits per heavy atom. The highest BCUT2D eigenvalue weighted by Crippen LogP contribution is 2.05. The first-order valence-electron chi connectivity index (χ1n) is 6.51. The number of hydrogen-bond donors (Lipinski definition) is 0. The molecule has 0 saturated carbocycles. The average molecular weight is 273 g/mol. The highest BCUT2D eigenvalue weighted by Gasteiger charge is 2.05. The van der Waals surface area contributed by atoms with Crippen LogP contribution < -0.4 is 0 Å². The average Bonchev–Trinajstić information content (AvgIpc) is 2.48. The standard InChI is InChI=1S/C16H16FNO2/c17-15-5-3-14(4-6-15)16(19)12-20-11-1-2-13-7-9-18-10-8-13/h3-10H,1-2,11-12H2. The second-order valence-electron chi connectivity index (χ2n) is 4.44. The van der Waals surface area contributed by atoms with Crippen molar-refractivity contribution in [1.82, 2.24) is 4.98 Å². The molecule has 1 aromatic heterocycles. The first-order valence-corrected chi connectivity index (χ1v) is 6.51. The molecule has 104 valence electrons. The topological polar surface area (TPSA) is 39.2 Å². The number of Topliss-reactive ketones (excluding diaryl/α,β-unsaturated/α-hetero) is 1. The highest BCUT2D eigenvalue weighted by atomic mass is 19.1. The Morgan fingerprint density at radius 2 is 1.80 bits per heavy atom. The zero-order valence-corrected chi connectivity index (χ0v) is 11.1. The summed E-state index contributed by atoms with van der Waals surface area (Å²) in [7, 11) is 0. The maximum Gasteiger partial charge on any atom is 0.188 e. The molecule has 0 amide bonds. The largest absolute Gasteiger partial charge is 0.373 e. The lowest BCUT2D eigenvalue weighted by molar-refractivity contribution is 0.0756. The maximum atomic E-state index is 12.7. The number of ether oxygens (including phenoxy) is 1. The summed E-state index contributed by atoms with van der Waals surface area (Å²) >= 11 is 0. The van der Waals surface area contributed by atoms with Crippen LogP contribution in [0, 0.1) is 5.82 Å². The molecule has 2 aromatic rings. The van der Waals surface area contributed by atoms with Crippen molar-refractivity contribution in [2.24, 2.45) is 0 Å². The fraction of sp³-hybridized carbons (Fsp3) is 0.250. The van der Waals surface area contributed by atoms with Gasteiger partial charge >= 0.3 is 0 Å². The summed E-state index contributed by atoms with van der Waals surface area (Å²) in [5.41, 5.74) is 1.67. The van der Waals surface area contributed by atoms with E-state index in [0.717, 1.165) is 12.8 Å². The smallest absolute Gasteiger partial charge is 0.188 e. The molecule has 0 spiro atoms. The molecule has 0 atom stereocenters. The van der Waals surface area contributed by atoms with Crippen molar-refractivity contribution in [2.75, 3.05) is 13.2 Å². The molecule has 0 bridgehead atoms. The summed E-state index contributed by atoms with van der Waals surface area (Å²) in [5.74, 6) is -0.478. The Hall–Kier alpha value is -2.07. The van der Waals surface area contributed by atoms with E-state index < -0.39 is 0 Å². The Morgan fingerprint density at radius 1 is 1.10 bits per heavy atom. The zero-order chi connectivity index (χ0) is 14.2. The summed E-state index contributed by atoms with van der Waals surface area (Å²) in [6.07, 6.45) is 5.26. The van der Waals surface area contributed by atoms with Crippen LogP contribution >= 0.6 is 0 Å².